The molecule has 1 N–H and O–H groups in total. The summed E-state index contributed by atoms with van der Waals surface area (Å²) in [5.74, 6) is 0.598. The number of hydrogen-bond donors (Lipinski definition) is 1. The summed E-state index contributed by atoms with van der Waals surface area (Å²) in [6.07, 6.45) is 4.12. The van der Waals surface area contributed by atoms with Gasteiger partial charge in [0.2, 0.25) is 0 Å². The Bertz CT molecular complexity index is 306. The van der Waals surface area contributed by atoms with Gasteiger partial charge in [0.05, 0.1) is 6.10 Å². The molecule has 0 heterocycles. The predicted octanol–water partition coefficient (Wildman–Crippen LogP) is 2.88. The highest BCUT2D eigenvalue weighted by molar-refractivity contribution is 5.31. The van der Waals surface area contributed by atoms with Crippen molar-refractivity contribution in [3.63, 3.8) is 0 Å². The summed E-state index contributed by atoms with van der Waals surface area (Å²) in [6.45, 7) is 2.20. The summed E-state index contributed by atoms with van der Waals surface area (Å²) >= 11 is 0. The molecule has 1 aliphatic rings. The minimum absolute atomic E-state index is 0.0649. The number of hydrogen-bond acceptors (Lipinski definition) is 1. The first-order valence-corrected chi connectivity index (χ1v) is 5.57. The fourth-order valence-electron chi connectivity index (χ4n) is 2.49. The largest absolute Gasteiger partial charge is 0.393 e. The van der Waals surface area contributed by atoms with E-state index in [0.717, 1.165) is 25.7 Å². The minimum Gasteiger partial charge on any atom is -0.393 e. The Morgan fingerprint density at radius 1 is 1.29 bits per heavy atom. The molecular weight excluding hydrogens is 172 g/mol. The molecule has 0 aromatic heterocycles. The Kier molecular flexibility index (Phi) is 2.87. The molecule has 1 aliphatic carbocycles. The molecule has 1 saturated carbocycles. The van der Waals surface area contributed by atoms with Crippen molar-refractivity contribution in [2.24, 2.45) is 0 Å². The van der Waals surface area contributed by atoms with Gasteiger partial charge in [-0.2, -0.15) is 0 Å². The zero-order chi connectivity index (χ0) is 9.97. The minimum atomic E-state index is -0.0649. The standard InChI is InChI=1S/C13H18O/c1-2-10-5-3-4-6-13(10)11-7-8-12(14)9-11/h3-6,11-12,14H,2,7-9H2,1H3. The van der Waals surface area contributed by atoms with E-state index in [0.29, 0.717) is 5.92 Å². The summed E-state index contributed by atoms with van der Waals surface area (Å²) < 4.78 is 0. The number of aryl methyl sites for hydroxylation is 1. The molecule has 0 spiro atoms. The average molecular weight is 190 g/mol. The van der Waals surface area contributed by atoms with Crippen molar-refractivity contribution >= 4 is 0 Å². The van der Waals surface area contributed by atoms with Gasteiger partial charge in [-0.25, -0.2) is 0 Å². The van der Waals surface area contributed by atoms with Crippen LogP contribution >= 0.6 is 0 Å². The first-order chi connectivity index (χ1) is 6.81. The van der Waals surface area contributed by atoms with Crippen LogP contribution < -0.4 is 0 Å². The molecule has 0 amide bonds. The van der Waals surface area contributed by atoms with Gasteiger partial charge in [0.1, 0.15) is 0 Å². The summed E-state index contributed by atoms with van der Waals surface area (Å²) in [5.41, 5.74) is 2.91. The molecule has 76 valence electrons. The third-order valence-corrected chi connectivity index (χ3v) is 3.28. The van der Waals surface area contributed by atoms with Crippen LogP contribution in [0.1, 0.15) is 43.2 Å². The van der Waals surface area contributed by atoms with E-state index in [-0.39, 0.29) is 6.10 Å². The van der Waals surface area contributed by atoms with E-state index in [1.807, 2.05) is 0 Å². The second-order valence-corrected chi connectivity index (χ2v) is 4.22. The van der Waals surface area contributed by atoms with E-state index in [2.05, 4.69) is 31.2 Å². The second kappa shape index (κ2) is 4.14. The molecule has 2 atom stereocenters. The maximum atomic E-state index is 9.52. The van der Waals surface area contributed by atoms with Crippen LogP contribution in [0.25, 0.3) is 0 Å². The molecule has 1 nitrogen and oxygen atoms in total. The number of benzene rings is 1. The highest BCUT2D eigenvalue weighted by Gasteiger charge is 2.25. The van der Waals surface area contributed by atoms with E-state index < -0.39 is 0 Å². The lowest BCUT2D eigenvalue weighted by atomic mass is 9.92. The molecule has 1 fully saturated rings. The van der Waals surface area contributed by atoms with E-state index in [9.17, 15) is 5.11 Å². The van der Waals surface area contributed by atoms with Crippen LogP contribution in [0.4, 0.5) is 0 Å². The summed E-state index contributed by atoms with van der Waals surface area (Å²) in [6, 6.07) is 8.65. The molecule has 0 bridgehead atoms. The monoisotopic (exact) mass is 190 g/mol. The van der Waals surface area contributed by atoms with Crippen LogP contribution in [0.2, 0.25) is 0 Å². The Balaban J connectivity index is 2.22. The van der Waals surface area contributed by atoms with Gasteiger partial charge < -0.3 is 5.11 Å². The molecule has 2 rings (SSSR count). The van der Waals surface area contributed by atoms with Gasteiger partial charge in [0, 0.05) is 0 Å². The van der Waals surface area contributed by atoms with Crippen molar-refractivity contribution in [1.82, 2.24) is 0 Å². The molecule has 14 heavy (non-hydrogen) atoms. The number of aliphatic hydroxyl groups is 1. The fraction of sp³-hybridized carbons (Fsp3) is 0.538. The van der Waals surface area contributed by atoms with Gasteiger partial charge in [-0.1, -0.05) is 31.2 Å². The molecule has 1 aromatic carbocycles. The van der Waals surface area contributed by atoms with Crippen LogP contribution in [0.3, 0.4) is 0 Å². The van der Waals surface area contributed by atoms with Crippen LogP contribution in [-0.2, 0) is 6.42 Å². The van der Waals surface area contributed by atoms with E-state index in [1.54, 1.807) is 0 Å². The fourth-order valence-corrected chi connectivity index (χ4v) is 2.49. The van der Waals surface area contributed by atoms with Crippen molar-refractivity contribution in [1.29, 1.82) is 0 Å². The first-order valence-electron chi connectivity index (χ1n) is 5.57. The Hall–Kier alpha value is -0.820. The van der Waals surface area contributed by atoms with E-state index >= 15 is 0 Å². The lowest BCUT2D eigenvalue weighted by molar-refractivity contribution is 0.181. The maximum Gasteiger partial charge on any atom is 0.0546 e. The van der Waals surface area contributed by atoms with Crippen molar-refractivity contribution in [2.45, 2.75) is 44.6 Å². The predicted molar refractivity (Wildman–Crippen MR) is 58.4 cm³/mol. The van der Waals surface area contributed by atoms with Crippen molar-refractivity contribution in [3.8, 4) is 0 Å². The normalized spacial score (nSPS) is 26.7. The third-order valence-electron chi connectivity index (χ3n) is 3.28. The molecule has 1 heteroatoms. The Morgan fingerprint density at radius 2 is 2.07 bits per heavy atom. The highest BCUT2D eigenvalue weighted by Crippen LogP contribution is 2.36. The smallest absolute Gasteiger partial charge is 0.0546 e. The summed E-state index contributed by atoms with van der Waals surface area (Å²) in [4.78, 5) is 0. The van der Waals surface area contributed by atoms with Gasteiger partial charge in [-0.15, -0.1) is 0 Å². The molecule has 0 saturated heterocycles. The van der Waals surface area contributed by atoms with Gasteiger partial charge in [0.25, 0.3) is 0 Å². The van der Waals surface area contributed by atoms with Crippen molar-refractivity contribution in [3.05, 3.63) is 35.4 Å². The van der Waals surface area contributed by atoms with Crippen molar-refractivity contribution < 1.29 is 5.11 Å². The lowest BCUT2D eigenvalue weighted by Crippen LogP contribution is -2.01. The molecule has 0 radical (unpaired) electrons. The van der Waals surface area contributed by atoms with Crippen LogP contribution in [0.5, 0.6) is 0 Å². The van der Waals surface area contributed by atoms with Gasteiger partial charge in [-0.05, 0) is 42.7 Å². The maximum absolute atomic E-state index is 9.52. The zero-order valence-electron chi connectivity index (χ0n) is 8.74. The Morgan fingerprint density at radius 3 is 2.71 bits per heavy atom. The summed E-state index contributed by atoms with van der Waals surface area (Å²) in [5, 5.41) is 9.52. The first kappa shape index (κ1) is 9.72. The SMILES string of the molecule is CCc1ccccc1C1CCC(O)C1. The molecular formula is C13H18O. The van der Waals surface area contributed by atoms with Crippen LogP contribution in [-0.4, -0.2) is 11.2 Å². The topological polar surface area (TPSA) is 20.2 Å². The molecule has 1 aromatic rings. The highest BCUT2D eigenvalue weighted by atomic mass is 16.3. The zero-order valence-corrected chi connectivity index (χ0v) is 8.74. The number of aliphatic hydroxyl groups excluding tert-OH is 1. The van der Waals surface area contributed by atoms with Crippen LogP contribution in [0.15, 0.2) is 24.3 Å². The van der Waals surface area contributed by atoms with Gasteiger partial charge in [0.15, 0.2) is 0 Å². The second-order valence-electron chi connectivity index (χ2n) is 4.22. The average Bonchev–Trinajstić information content (AvgIpc) is 2.65. The Labute approximate surface area is 85.8 Å². The lowest BCUT2D eigenvalue weighted by Gasteiger charge is -2.14. The van der Waals surface area contributed by atoms with Crippen LogP contribution in [0, 0.1) is 0 Å². The molecule has 2 unspecified atom stereocenters. The molecule has 0 aliphatic heterocycles. The number of rotatable bonds is 2. The van der Waals surface area contributed by atoms with Gasteiger partial charge in [-0.3, -0.25) is 0 Å². The van der Waals surface area contributed by atoms with Crippen molar-refractivity contribution in [2.75, 3.05) is 0 Å². The van der Waals surface area contributed by atoms with E-state index in [1.165, 1.54) is 11.1 Å². The quantitative estimate of drug-likeness (QED) is 0.760. The van der Waals surface area contributed by atoms with Gasteiger partial charge >= 0.3 is 0 Å². The third kappa shape index (κ3) is 1.83. The van der Waals surface area contributed by atoms with E-state index in [4.69, 9.17) is 0 Å². The summed E-state index contributed by atoms with van der Waals surface area (Å²) in [7, 11) is 0.